The highest BCUT2D eigenvalue weighted by molar-refractivity contribution is 5.80. The van der Waals surface area contributed by atoms with Crippen LogP contribution in [0.1, 0.15) is 219 Å². The maximum Gasteiger partial charge on any atom is 0.224 e. The molecule has 2 amide bonds. The lowest BCUT2D eigenvalue weighted by Crippen LogP contribution is -2.32. The van der Waals surface area contributed by atoms with E-state index >= 15 is 0 Å². The molecule has 10 rings (SSSR count). The zero-order valence-electron chi connectivity index (χ0n) is 47.4. The molecule has 16 bridgehead atoms. The molecular weight excluding hydrogens is 929 g/mol. The summed E-state index contributed by atoms with van der Waals surface area (Å²) < 4.78 is 0. The second-order valence-electron chi connectivity index (χ2n) is 26.3. The molecule has 0 aromatic carbocycles. The Labute approximate surface area is 443 Å². The highest BCUT2D eigenvalue weighted by Crippen LogP contribution is 2.45. The van der Waals surface area contributed by atoms with Crippen LogP contribution < -0.4 is 10.6 Å². The van der Waals surface area contributed by atoms with Gasteiger partial charge in [0.15, 0.2) is 0 Å². The number of aromatic amines is 8. The molecule has 10 heterocycles. The second kappa shape index (κ2) is 17.4. The normalized spacial score (nSPS) is 19.1. The van der Waals surface area contributed by atoms with Gasteiger partial charge in [0.2, 0.25) is 11.8 Å². The van der Waals surface area contributed by atoms with Crippen LogP contribution in [0.4, 0.5) is 0 Å². The number of aromatic nitrogens is 8. The minimum absolute atomic E-state index is 0.0608. The number of rotatable bonds is 8. The molecule has 0 radical (unpaired) electrons. The third-order valence-corrected chi connectivity index (χ3v) is 18.3. The minimum atomic E-state index is -0.488. The first-order valence-corrected chi connectivity index (χ1v) is 27.1. The fourth-order valence-corrected chi connectivity index (χ4v) is 12.0. The molecule has 2 aliphatic rings. The van der Waals surface area contributed by atoms with Crippen molar-refractivity contribution in [1.29, 1.82) is 0 Å². The molecular formula is C63H82N10O2. The highest BCUT2D eigenvalue weighted by atomic mass is 16.2. The van der Waals surface area contributed by atoms with Gasteiger partial charge in [-0.2, -0.15) is 0 Å². The topological polar surface area (TPSA) is 185 Å². The predicted molar refractivity (Wildman–Crippen MR) is 301 cm³/mol. The molecule has 75 heavy (non-hydrogen) atoms. The molecule has 396 valence electrons. The summed E-state index contributed by atoms with van der Waals surface area (Å²) in [4.78, 5) is 58.7. The van der Waals surface area contributed by atoms with Crippen molar-refractivity contribution in [2.24, 2.45) is 0 Å². The number of hydrogen-bond acceptors (Lipinski definition) is 2. The molecule has 8 aromatic heterocycles. The van der Waals surface area contributed by atoms with Gasteiger partial charge in [-0.05, 0) is 213 Å². The number of carbonyl (C=O) groups is 2. The van der Waals surface area contributed by atoms with Crippen LogP contribution in [0.2, 0.25) is 0 Å². The zero-order chi connectivity index (χ0) is 54.1. The van der Waals surface area contributed by atoms with Gasteiger partial charge in [-0.25, -0.2) is 0 Å². The van der Waals surface area contributed by atoms with Crippen LogP contribution in [0.3, 0.4) is 0 Å². The van der Waals surface area contributed by atoms with Crippen LogP contribution in [-0.2, 0) is 65.8 Å². The van der Waals surface area contributed by atoms with Crippen LogP contribution in [0.25, 0.3) is 0 Å². The van der Waals surface area contributed by atoms with Crippen molar-refractivity contribution in [2.75, 3.05) is 13.1 Å². The Bertz CT molecular complexity index is 3210. The van der Waals surface area contributed by atoms with Gasteiger partial charge < -0.3 is 50.5 Å². The average molecular weight is 1010 g/mol. The summed E-state index contributed by atoms with van der Waals surface area (Å²) in [5, 5.41) is 6.38. The first kappa shape index (κ1) is 51.7. The molecule has 0 fully saturated rings. The van der Waals surface area contributed by atoms with Crippen LogP contribution >= 0.6 is 0 Å². The summed E-state index contributed by atoms with van der Waals surface area (Å²) in [5.74, 6) is -0.122. The molecule has 2 aliphatic heterocycles. The van der Waals surface area contributed by atoms with E-state index in [2.05, 4.69) is 246 Å². The molecule has 0 atom stereocenters. The van der Waals surface area contributed by atoms with Gasteiger partial charge in [-0.15, -0.1) is 0 Å². The molecule has 0 spiro atoms. The summed E-state index contributed by atoms with van der Waals surface area (Å²) in [7, 11) is 0. The monoisotopic (exact) mass is 1010 g/mol. The van der Waals surface area contributed by atoms with Gasteiger partial charge in [0.25, 0.3) is 0 Å². The Hall–Kier alpha value is -6.82. The van der Waals surface area contributed by atoms with Gasteiger partial charge in [-0.1, -0.05) is 0 Å². The number of hydrogen-bond donors (Lipinski definition) is 10. The first-order chi connectivity index (χ1) is 35.0. The first-order valence-electron chi connectivity index (χ1n) is 27.1. The number of fused-ring (bicyclic) bond motifs is 16. The summed E-state index contributed by atoms with van der Waals surface area (Å²) in [6, 6.07) is 30.8. The van der Waals surface area contributed by atoms with Crippen molar-refractivity contribution < 1.29 is 9.59 Å². The van der Waals surface area contributed by atoms with E-state index in [-0.39, 0.29) is 46.3 Å². The lowest BCUT2D eigenvalue weighted by atomic mass is 9.83. The van der Waals surface area contributed by atoms with Gasteiger partial charge in [0.1, 0.15) is 0 Å². The SMILES string of the molecule is CC1(C)c2ccc([nH]2)C(C)(C)c2ccc([nH]2)C(C)(C)c2[nH]c(cc2CC(=O)NCCCNC(=O)Cc2cc3[nH]c2C(C)(C)c2ccc([nH]2)C(C)(C)c2ccc([nH]2)C(C)(C)c2ccc([nH]2)C3(C)C)C(C)(C)c2ccc1[nH]2. The van der Waals surface area contributed by atoms with E-state index in [1.807, 2.05) is 0 Å². The van der Waals surface area contributed by atoms with Crippen LogP contribution in [0.5, 0.6) is 0 Å². The Balaban J connectivity index is 0.853. The third kappa shape index (κ3) is 8.51. The van der Waals surface area contributed by atoms with E-state index in [1.54, 1.807) is 0 Å². The van der Waals surface area contributed by atoms with E-state index in [0.717, 1.165) is 102 Å². The van der Waals surface area contributed by atoms with Crippen molar-refractivity contribution >= 4 is 11.8 Å². The Morgan fingerprint density at radius 1 is 0.307 bits per heavy atom. The van der Waals surface area contributed by atoms with E-state index < -0.39 is 21.7 Å². The Kier molecular flexibility index (Phi) is 12.0. The number of amides is 2. The van der Waals surface area contributed by atoms with E-state index in [9.17, 15) is 9.59 Å². The smallest absolute Gasteiger partial charge is 0.224 e. The highest BCUT2D eigenvalue weighted by Gasteiger charge is 2.40. The Morgan fingerprint density at radius 2 is 0.507 bits per heavy atom. The van der Waals surface area contributed by atoms with Crippen molar-refractivity contribution in [3.05, 3.63) is 187 Å². The van der Waals surface area contributed by atoms with Crippen molar-refractivity contribution in [3.8, 4) is 0 Å². The minimum Gasteiger partial charge on any atom is -0.361 e. The number of nitrogens with one attached hydrogen (secondary N) is 10. The third-order valence-electron chi connectivity index (χ3n) is 18.3. The fraction of sp³-hybridized carbons (Fsp3) is 0.460. The maximum absolute atomic E-state index is 14.0. The lowest BCUT2D eigenvalue weighted by molar-refractivity contribution is -0.120. The Morgan fingerprint density at radius 3 is 0.733 bits per heavy atom. The average Bonchev–Trinajstić information content (AvgIpc) is 4.19. The molecule has 12 nitrogen and oxygen atoms in total. The van der Waals surface area contributed by atoms with E-state index in [1.165, 1.54) is 0 Å². The molecule has 0 saturated heterocycles. The zero-order valence-corrected chi connectivity index (χ0v) is 47.4. The molecule has 0 aliphatic carbocycles. The summed E-state index contributed by atoms with van der Waals surface area (Å²) in [6.07, 6.45) is 1.02. The van der Waals surface area contributed by atoms with Crippen molar-refractivity contribution in [3.63, 3.8) is 0 Å². The van der Waals surface area contributed by atoms with E-state index in [0.29, 0.717) is 19.5 Å². The largest absolute Gasteiger partial charge is 0.361 e. The second-order valence-corrected chi connectivity index (χ2v) is 26.3. The summed E-state index contributed by atoms with van der Waals surface area (Å²) in [6.45, 7) is 36.7. The van der Waals surface area contributed by atoms with Gasteiger partial charge in [-0.3, -0.25) is 9.59 Å². The summed E-state index contributed by atoms with van der Waals surface area (Å²) >= 11 is 0. The van der Waals surface area contributed by atoms with Gasteiger partial charge in [0.05, 0.1) is 12.8 Å². The maximum atomic E-state index is 14.0. The fourth-order valence-electron chi connectivity index (χ4n) is 12.0. The van der Waals surface area contributed by atoms with Crippen molar-refractivity contribution in [2.45, 2.75) is 173 Å². The molecule has 8 aromatic rings. The van der Waals surface area contributed by atoms with Gasteiger partial charge >= 0.3 is 0 Å². The standard InChI is InChI=1S/C63H82N10O2/c1-56(2)38-18-20-40(66-38)58(5,6)44-26-28-48(70-44)62(13,14)54-36(32-50(72-54)60(9,10)46-24-22-42(56)68-46)34-52(74)64-30-17-31-65-53(75)35-37-33-51-61(11,12)47-25-23-43(69-47)57(3,4)39-19-21-41(67-39)59(7,8)45-27-29-49(71-45)63(15,16)55(37)73-51/h18-29,32-33,66-73H,17,30-31,34-35H2,1-16H3,(H,64,74)(H,65,75). The molecule has 10 N–H and O–H groups in total. The number of H-pyrrole nitrogens is 8. The van der Waals surface area contributed by atoms with Gasteiger partial charge in [0, 0.05) is 148 Å². The molecule has 0 saturated carbocycles. The predicted octanol–water partition coefficient (Wildman–Crippen LogP) is 12.0. The van der Waals surface area contributed by atoms with Crippen LogP contribution in [-0.4, -0.2) is 64.8 Å². The van der Waals surface area contributed by atoms with E-state index in [4.69, 9.17) is 0 Å². The van der Waals surface area contributed by atoms with Crippen LogP contribution in [0, 0.1) is 0 Å². The van der Waals surface area contributed by atoms with Crippen LogP contribution in [0.15, 0.2) is 84.9 Å². The molecule has 12 heteroatoms. The lowest BCUT2D eigenvalue weighted by Gasteiger charge is -2.28. The number of carbonyl (C=O) groups excluding carboxylic acids is 2. The molecule has 0 unspecified atom stereocenters. The van der Waals surface area contributed by atoms with Crippen molar-refractivity contribution in [1.82, 2.24) is 50.5 Å². The quantitative estimate of drug-likeness (QED) is 0.0680. The summed E-state index contributed by atoms with van der Waals surface area (Å²) in [5.41, 5.74) is 16.3.